The van der Waals surface area contributed by atoms with Crippen LogP contribution in [0.15, 0.2) is 42.5 Å². The third-order valence-electron chi connectivity index (χ3n) is 4.00. The minimum absolute atomic E-state index is 0.158. The summed E-state index contributed by atoms with van der Waals surface area (Å²) in [7, 11) is 6.11. The van der Waals surface area contributed by atoms with Crippen LogP contribution in [0.25, 0.3) is 0 Å². The van der Waals surface area contributed by atoms with E-state index in [0.717, 1.165) is 0 Å². The Morgan fingerprint density at radius 2 is 1.37 bits per heavy atom. The van der Waals surface area contributed by atoms with Gasteiger partial charge in [0.15, 0.2) is 5.78 Å². The Labute approximate surface area is 178 Å². The highest BCUT2D eigenvalue weighted by Crippen LogP contribution is 2.38. The number of ether oxygens (including phenoxy) is 4. The highest BCUT2D eigenvalue weighted by Gasteiger charge is 2.36. The van der Waals surface area contributed by atoms with Crippen LogP contribution in [0.2, 0.25) is 0 Å². The molecule has 2 aromatic rings. The first-order chi connectivity index (χ1) is 14.2. The lowest BCUT2D eigenvalue weighted by Gasteiger charge is -2.24. The maximum Gasteiger partial charge on any atom is 0.321 e. The van der Waals surface area contributed by atoms with Crippen molar-refractivity contribution in [1.82, 2.24) is 0 Å². The second kappa shape index (κ2) is 11.3. The van der Waals surface area contributed by atoms with E-state index in [2.05, 4.69) is 0 Å². The van der Waals surface area contributed by atoms with E-state index in [9.17, 15) is 9.59 Å². The first-order valence-corrected chi connectivity index (χ1v) is 9.45. The number of hydrogen-bond acceptors (Lipinski definition) is 7. The summed E-state index contributed by atoms with van der Waals surface area (Å²) >= 11 is 0. The van der Waals surface area contributed by atoms with Crippen LogP contribution in [0.3, 0.4) is 0 Å². The average Bonchev–Trinajstić information content (AvgIpc) is 2.73. The molecule has 0 fully saturated rings. The molecule has 1 atom stereocenters. The van der Waals surface area contributed by atoms with Gasteiger partial charge in [0.2, 0.25) is 0 Å². The SMILES string of the molecule is COc1cc(OC)c(C(=O)C(C(=O)OC(C)(C)C)c2ccccc2)c(OC)c1.O=P. The summed E-state index contributed by atoms with van der Waals surface area (Å²) in [5, 5.41) is 0. The van der Waals surface area contributed by atoms with Gasteiger partial charge in [-0.15, -0.1) is 0 Å². The summed E-state index contributed by atoms with van der Waals surface area (Å²) in [4.78, 5) is 26.5. The van der Waals surface area contributed by atoms with Crippen LogP contribution in [-0.2, 0) is 14.1 Å². The molecule has 0 aromatic heterocycles. The second-order valence-electron chi connectivity index (χ2n) is 7.15. The standard InChI is InChI=1S/C22H26O6.HOP/c1-22(2,3)28-21(24)18(14-10-8-7-9-11-14)20(23)19-16(26-5)12-15(25-4)13-17(19)27-6;1-2/h7-13,18H,1-6H3;2H. The fourth-order valence-corrected chi connectivity index (χ4v) is 2.79. The van der Waals surface area contributed by atoms with Crippen LogP contribution in [-0.4, -0.2) is 38.7 Å². The lowest BCUT2D eigenvalue weighted by molar-refractivity contribution is -0.155. The number of hydrogen-bond donors (Lipinski definition) is 0. The molecule has 0 amide bonds. The van der Waals surface area contributed by atoms with E-state index >= 15 is 0 Å². The van der Waals surface area contributed by atoms with Crippen LogP contribution in [0.5, 0.6) is 17.2 Å². The summed E-state index contributed by atoms with van der Waals surface area (Å²) in [6.45, 7) is 5.27. The lowest BCUT2D eigenvalue weighted by Crippen LogP contribution is -2.32. The molecule has 2 rings (SSSR count). The number of carbonyl (C=O) groups is 2. The molecule has 30 heavy (non-hydrogen) atoms. The average molecular weight is 434 g/mol. The van der Waals surface area contributed by atoms with Crippen molar-refractivity contribution in [3.8, 4) is 17.2 Å². The van der Waals surface area contributed by atoms with E-state index in [-0.39, 0.29) is 17.1 Å². The van der Waals surface area contributed by atoms with E-state index in [1.54, 1.807) is 66.3 Å². The first kappa shape index (κ1) is 25.1. The number of rotatable bonds is 7. The summed E-state index contributed by atoms with van der Waals surface area (Å²) in [6, 6.07) is 11.9. The van der Waals surface area contributed by atoms with Crippen LogP contribution in [0.4, 0.5) is 0 Å². The zero-order valence-electron chi connectivity index (χ0n) is 18.0. The monoisotopic (exact) mass is 434 g/mol. The predicted molar refractivity (Wildman–Crippen MR) is 114 cm³/mol. The molecule has 2 aromatic carbocycles. The molecule has 0 N–H and O–H groups in total. The number of benzene rings is 2. The predicted octanol–water partition coefficient (Wildman–Crippen LogP) is 4.50. The Balaban J connectivity index is 0.00000218. The van der Waals surface area contributed by atoms with Crippen molar-refractivity contribution in [1.29, 1.82) is 0 Å². The minimum Gasteiger partial charge on any atom is -0.496 e. The number of ketones is 1. The summed E-state index contributed by atoms with van der Waals surface area (Å²) in [5.74, 6) is -1.28. The van der Waals surface area contributed by atoms with Crippen molar-refractivity contribution >= 4 is 20.9 Å². The zero-order chi connectivity index (χ0) is 22.9. The molecule has 8 heteroatoms. The number of Topliss-reactive ketones (excluding diaryl/α,β-unsaturated/α-hetero) is 1. The molecule has 0 aliphatic carbocycles. The van der Waals surface area contributed by atoms with E-state index in [1.807, 2.05) is 6.07 Å². The van der Waals surface area contributed by atoms with Gasteiger partial charge in [-0.3, -0.25) is 14.2 Å². The minimum atomic E-state index is -1.16. The quantitative estimate of drug-likeness (QED) is 0.274. The Morgan fingerprint density at radius 1 is 0.867 bits per heavy atom. The Morgan fingerprint density at radius 3 is 1.77 bits per heavy atom. The van der Waals surface area contributed by atoms with Crippen LogP contribution in [0.1, 0.15) is 42.6 Å². The van der Waals surface area contributed by atoms with Gasteiger partial charge in [0, 0.05) is 12.1 Å². The van der Waals surface area contributed by atoms with Crippen molar-refractivity contribution in [2.24, 2.45) is 0 Å². The first-order valence-electron chi connectivity index (χ1n) is 9.04. The van der Waals surface area contributed by atoms with Gasteiger partial charge in [-0.25, -0.2) is 0 Å². The normalized spacial score (nSPS) is 11.4. The molecule has 0 radical (unpaired) electrons. The molecule has 162 valence electrons. The van der Waals surface area contributed by atoms with E-state index < -0.39 is 23.3 Å². The zero-order valence-corrected chi connectivity index (χ0v) is 19.0. The Hall–Kier alpha value is -2.92. The van der Waals surface area contributed by atoms with E-state index in [0.29, 0.717) is 11.3 Å². The second-order valence-corrected chi connectivity index (χ2v) is 7.15. The van der Waals surface area contributed by atoms with Gasteiger partial charge in [0.05, 0.1) is 21.3 Å². The smallest absolute Gasteiger partial charge is 0.321 e. The number of esters is 1. The van der Waals surface area contributed by atoms with Crippen LogP contribution in [0, 0.1) is 0 Å². The maximum absolute atomic E-state index is 13.5. The van der Waals surface area contributed by atoms with Crippen LogP contribution >= 0.6 is 9.12 Å². The third kappa shape index (κ3) is 6.29. The van der Waals surface area contributed by atoms with Gasteiger partial charge in [-0.1, -0.05) is 30.3 Å². The fourth-order valence-electron chi connectivity index (χ4n) is 2.79. The Kier molecular flexibility index (Phi) is 9.47. The van der Waals surface area contributed by atoms with Gasteiger partial charge < -0.3 is 18.9 Å². The molecule has 0 spiro atoms. The largest absolute Gasteiger partial charge is 0.496 e. The van der Waals surface area contributed by atoms with E-state index in [4.69, 9.17) is 23.5 Å². The van der Waals surface area contributed by atoms with Crippen LogP contribution < -0.4 is 14.2 Å². The van der Waals surface area contributed by atoms with Gasteiger partial charge in [-0.2, -0.15) is 0 Å². The summed E-state index contributed by atoms with van der Waals surface area (Å²) < 4.78 is 29.6. The van der Waals surface area contributed by atoms with Crippen molar-refractivity contribution < 1.29 is 33.1 Å². The molecule has 0 aliphatic heterocycles. The van der Waals surface area contributed by atoms with Crippen molar-refractivity contribution in [2.75, 3.05) is 21.3 Å². The lowest BCUT2D eigenvalue weighted by atomic mass is 9.89. The Bertz CT molecular complexity index is 835. The highest BCUT2D eigenvalue weighted by molar-refractivity contribution is 7.00. The number of carbonyl (C=O) groups excluding carboxylic acids is 2. The summed E-state index contributed by atoms with van der Waals surface area (Å²) in [5.41, 5.74) is -0.0504. The molecule has 0 aliphatic rings. The highest BCUT2D eigenvalue weighted by atomic mass is 31.0. The molecule has 0 bridgehead atoms. The molecule has 0 saturated heterocycles. The van der Waals surface area contributed by atoms with Gasteiger partial charge in [0.1, 0.15) is 43.5 Å². The van der Waals surface area contributed by atoms with Crippen molar-refractivity contribution in [2.45, 2.75) is 32.3 Å². The number of methoxy groups -OCH3 is 3. The topological polar surface area (TPSA) is 88.1 Å². The molecule has 7 nitrogen and oxygen atoms in total. The van der Waals surface area contributed by atoms with Crippen molar-refractivity contribution in [3.63, 3.8) is 0 Å². The van der Waals surface area contributed by atoms with E-state index in [1.165, 1.54) is 21.3 Å². The fraction of sp³-hybridized carbons (Fsp3) is 0.364. The molecule has 0 heterocycles. The third-order valence-corrected chi connectivity index (χ3v) is 4.00. The summed E-state index contributed by atoms with van der Waals surface area (Å²) in [6.07, 6.45) is 0. The van der Waals surface area contributed by atoms with Crippen molar-refractivity contribution in [3.05, 3.63) is 53.6 Å². The molecular weight excluding hydrogens is 407 g/mol. The molecule has 1 unspecified atom stereocenters. The van der Waals surface area contributed by atoms with Gasteiger partial charge in [0.25, 0.3) is 0 Å². The molecule has 0 saturated carbocycles. The molecular formula is C22H27O7P. The maximum atomic E-state index is 13.5. The van der Waals surface area contributed by atoms with Gasteiger partial charge >= 0.3 is 5.97 Å². The van der Waals surface area contributed by atoms with Gasteiger partial charge in [-0.05, 0) is 26.3 Å².